The van der Waals surface area contributed by atoms with Gasteiger partial charge in [0.25, 0.3) is 0 Å². The molecule has 1 N–H and O–H groups in total. The van der Waals surface area contributed by atoms with E-state index in [9.17, 15) is 5.11 Å². The van der Waals surface area contributed by atoms with Gasteiger partial charge in [-0.05, 0) is 43.7 Å². The topological polar surface area (TPSA) is 29.5 Å². The highest BCUT2D eigenvalue weighted by Gasteiger charge is 2.24. The summed E-state index contributed by atoms with van der Waals surface area (Å²) < 4.78 is 5.62. The molecule has 2 heteroatoms. The smallest absolute Gasteiger partial charge is 0.119 e. The lowest BCUT2D eigenvalue weighted by Gasteiger charge is -2.14. The number of rotatable bonds is 5. The summed E-state index contributed by atoms with van der Waals surface area (Å²) in [6.45, 7) is 0.757. The van der Waals surface area contributed by atoms with E-state index in [1.165, 1.54) is 12.8 Å². The van der Waals surface area contributed by atoms with Crippen LogP contribution in [0, 0.1) is 5.92 Å². The lowest BCUT2D eigenvalue weighted by Crippen LogP contribution is -2.13. The maximum Gasteiger partial charge on any atom is 0.119 e. The largest absolute Gasteiger partial charge is 0.494 e. The maximum atomic E-state index is 9.66. The van der Waals surface area contributed by atoms with Crippen LogP contribution >= 0.6 is 0 Å². The minimum atomic E-state index is -0.0586. The van der Waals surface area contributed by atoms with Crippen LogP contribution in [-0.4, -0.2) is 17.8 Å². The van der Waals surface area contributed by atoms with E-state index in [4.69, 9.17) is 4.74 Å². The van der Waals surface area contributed by atoms with Crippen molar-refractivity contribution >= 4 is 0 Å². The van der Waals surface area contributed by atoms with Gasteiger partial charge >= 0.3 is 0 Å². The fourth-order valence-electron chi connectivity index (χ4n) is 2.41. The zero-order valence-corrected chi connectivity index (χ0v) is 9.64. The standard InChI is InChI=1S/C14H20O2/c15-14-10-4-6-12(14)7-5-11-16-13-8-2-1-3-9-13/h1-3,8-9,12,14-15H,4-7,10-11H2. The molecule has 2 atom stereocenters. The molecule has 1 aromatic carbocycles. The van der Waals surface area contributed by atoms with Gasteiger partial charge < -0.3 is 9.84 Å². The Balaban J connectivity index is 1.62. The van der Waals surface area contributed by atoms with Gasteiger partial charge in [0.1, 0.15) is 5.75 Å². The third-order valence-corrected chi connectivity index (χ3v) is 3.35. The van der Waals surface area contributed by atoms with E-state index in [-0.39, 0.29) is 6.10 Å². The molecule has 0 spiro atoms. The van der Waals surface area contributed by atoms with Gasteiger partial charge in [-0.25, -0.2) is 0 Å². The number of benzene rings is 1. The van der Waals surface area contributed by atoms with E-state index in [0.717, 1.165) is 31.6 Å². The Labute approximate surface area is 97.3 Å². The third-order valence-electron chi connectivity index (χ3n) is 3.35. The molecule has 0 aromatic heterocycles. The Morgan fingerprint density at radius 3 is 2.69 bits per heavy atom. The molecular weight excluding hydrogens is 200 g/mol. The first-order chi connectivity index (χ1) is 7.86. The summed E-state index contributed by atoms with van der Waals surface area (Å²) in [4.78, 5) is 0. The molecule has 88 valence electrons. The molecule has 2 rings (SSSR count). The van der Waals surface area contributed by atoms with Gasteiger partial charge in [-0.2, -0.15) is 0 Å². The molecule has 1 fully saturated rings. The van der Waals surface area contributed by atoms with Crippen molar-refractivity contribution in [1.82, 2.24) is 0 Å². The van der Waals surface area contributed by atoms with Gasteiger partial charge in [-0.1, -0.05) is 24.6 Å². The van der Waals surface area contributed by atoms with E-state index >= 15 is 0 Å². The summed E-state index contributed by atoms with van der Waals surface area (Å²) in [5.74, 6) is 1.45. The fraction of sp³-hybridized carbons (Fsp3) is 0.571. The average Bonchev–Trinajstić information content (AvgIpc) is 2.72. The highest BCUT2D eigenvalue weighted by molar-refractivity contribution is 5.20. The van der Waals surface area contributed by atoms with E-state index in [1.807, 2.05) is 30.3 Å². The molecule has 16 heavy (non-hydrogen) atoms. The lowest BCUT2D eigenvalue weighted by atomic mass is 10.0. The molecule has 1 saturated carbocycles. The Kier molecular flexibility index (Phi) is 4.23. The van der Waals surface area contributed by atoms with E-state index in [2.05, 4.69) is 0 Å². The van der Waals surface area contributed by atoms with Crippen LogP contribution in [0.4, 0.5) is 0 Å². The molecule has 1 aliphatic rings. The zero-order valence-electron chi connectivity index (χ0n) is 9.64. The minimum Gasteiger partial charge on any atom is -0.494 e. The molecule has 0 aliphatic heterocycles. The average molecular weight is 220 g/mol. The summed E-state index contributed by atoms with van der Waals surface area (Å²) in [6, 6.07) is 9.91. The van der Waals surface area contributed by atoms with Gasteiger partial charge in [0.2, 0.25) is 0 Å². The Morgan fingerprint density at radius 1 is 1.19 bits per heavy atom. The minimum absolute atomic E-state index is 0.0586. The first-order valence-corrected chi connectivity index (χ1v) is 6.22. The van der Waals surface area contributed by atoms with Crippen molar-refractivity contribution in [2.24, 2.45) is 5.92 Å². The Morgan fingerprint density at radius 2 is 2.00 bits per heavy atom. The second-order valence-electron chi connectivity index (χ2n) is 4.56. The molecule has 1 aliphatic carbocycles. The number of ether oxygens (including phenoxy) is 1. The van der Waals surface area contributed by atoms with Crippen molar-refractivity contribution < 1.29 is 9.84 Å². The number of para-hydroxylation sites is 1. The normalized spacial score (nSPS) is 24.6. The molecular formula is C14H20O2. The summed E-state index contributed by atoms with van der Waals surface area (Å²) in [5.41, 5.74) is 0. The second kappa shape index (κ2) is 5.90. The van der Waals surface area contributed by atoms with Crippen LogP contribution < -0.4 is 4.74 Å². The summed E-state index contributed by atoms with van der Waals surface area (Å²) >= 11 is 0. The number of hydrogen-bond donors (Lipinski definition) is 1. The first-order valence-electron chi connectivity index (χ1n) is 6.22. The predicted octanol–water partition coefficient (Wildman–Crippen LogP) is 3.01. The summed E-state index contributed by atoms with van der Waals surface area (Å²) in [7, 11) is 0. The number of aliphatic hydroxyl groups excluding tert-OH is 1. The van der Waals surface area contributed by atoms with E-state index < -0.39 is 0 Å². The van der Waals surface area contributed by atoms with Crippen molar-refractivity contribution in [3.63, 3.8) is 0 Å². The van der Waals surface area contributed by atoms with Crippen LogP contribution in [0.2, 0.25) is 0 Å². The summed E-state index contributed by atoms with van der Waals surface area (Å²) in [6.07, 6.45) is 5.43. The van der Waals surface area contributed by atoms with Gasteiger partial charge in [-0.3, -0.25) is 0 Å². The Hall–Kier alpha value is -1.02. The van der Waals surface area contributed by atoms with Crippen LogP contribution in [0.5, 0.6) is 5.75 Å². The molecule has 0 saturated heterocycles. The maximum absolute atomic E-state index is 9.66. The van der Waals surface area contributed by atoms with Crippen molar-refractivity contribution in [3.05, 3.63) is 30.3 Å². The van der Waals surface area contributed by atoms with Crippen LogP contribution in [0.1, 0.15) is 32.1 Å². The molecule has 0 amide bonds. The predicted molar refractivity (Wildman–Crippen MR) is 64.5 cm³/mol. The van der Waals surface area contributed by atoms with Gasteiger partial charge in [0.05, 0.1) is 12.7 Å². The molecule has 0 bridgehead atoms. The quantitative estimate of drug-likeness (QED) is 0.773. The highest BCUT2D eigenvalue weighted by Crippen LogP contribution is 2.29. The molecule has 0 radical (unpaired) electrons. The number of aliphatic hydroxyl groups is 1. The van der Waals surface area contributed by atoms with Crippen LogP contribution in [-0.2, 0) is 0 Å². The zero-order chi connectivity index (χ0) is 11.2. The molecule has 2 unspecified atom stereocenters. The monoisotopic (exact) mass is 220 g/mol. The van der Waals surface area contributed by atoms with Crippen LogP contribution in [0.15, 0.2) is 30.3 Å². The number of hydrogen-bond acceptors (Lipinski definition) is 2. The third kappa shape index (κ3) is 3.24. The lowest BCUT2D eigenvalue weighted by molar-refractivity contribution is 0.123. The molecule has 0 heterocycles. The highest BCUT2D eigenvalue weighted by atomic mass is 16.5. The van der Waals surface area contributed by atoms with Crippen molar-refractivity contribution in [1.29, 1.82) is 0 Å². The van der Waals surface area contributed by atoms with Gasteiger partial charge in [-0.15, -0.1) is 0 Å². The van der Waals surface area contributed by atoms with E-state index in [1.54, 1.807) is 0 Å². The SMILES string of the molecule is OC1CCCC1CCCOc1ccccc1. The van der Waals surface area contributed by atoms with Crippen molar-refractivity contribution in [2.45, 2.75) is 38.2 Å². The Bertz CT molecular complexity index is 297. The fourth-order valence-corrected chi connectivity index (χ4v) is 2.41. The summed E-state index contributed by atoms with van der Waals surface area (Å²) in [5, 5.41) is 9.66. The van der Waals surface area contributed by atoms with Gasteiger partial charge in [0, 0.05) is 0 Å². The van der Waals surface area contributed by atoms with Crippen LogP contribution in [0.3, 0.4) is 0 Å². The van der Waals surface area contributed by atoms with E-state index in [0.29, 0.717) is 5.92 Å². The first kappa shape index (κ1) is 11.5. The van der Waals surface area contributed by atoms with Gasteiger partial charge in [0.15, 0.2) is 0 Å². The van der Waals surface area contributed by atoms with Crippen LogP contribution in [0.25, 0.3) is 0 Å². The molecule has 2 nitrogen and oxygen atoms in total. The van der Waals surface area contributed by atoms with Crippen molar-refractivity contribution in [2.75, 3.05) is 6.61 Å². The van der Waals surface area contributed by atoms with Crippen molar-refractivity contribution in [3.8, 4) is 5.75 Å². The molecule has 1 aromatic rings. The second-order valence-corrected chi connectivity index (χ2v) is 4.56.